The molecule has 1 aliphatic heterocycles. The molecule has 36 heavy (non-hydrogen) atoms. The van der Waals surface area contributed by atoms with Gasteiger partial charge in [0.15, 0.2) is 0 Å². The molecular weight excluding hydrogens is 513 g/mol. The molecule has 11 heteroatoms. The molecule has 3 heterocycles. The number of nitrogens with one attached hydrogen (secondary N) is 3. The Morgan fingerprint density at radius 2 is 1.92 bits per heavy atom. The molecule has 2 aromatic heterocycles. The van der Waals surface area contributed by atoms with Gasteiger partial charge in [0.1, 0.15) is 6.10 Å². The van der Waals surface area contributed by atoms with Crippen LogP contribution in [0.25, 0.3) is 16.6 Å². The van der Waals surface area contributed by atoms with Crippen LogP contribution in [0.4, 0.5) is 24.5 Å². The number of alkyl halides is 3. The molecule has 0 spiro atoms. The Kier molecular flexibility index (Phi) is 6.57. The minimum atomic E-state index is -4.49. The lowest BCUT2D eigenvalue weighted by Crippen LogP contribution is -2.31. The van der Waals surface area contributed by atoms with Gasteiger partial charge in [0.25, 0.3) is 5.91 Å². The van der Waals surface area contributed by atoms with Gasteiger partial charge in [-0.3, -0.25) is 20.1 Å². The molecule has 0 bridgehead atoms. The van der Waals surface area contributed by atoms with Gasteiger partial charge in [-0.25, -0.2) is 0 Å². The van der Waals surface area contributed by atoms with Crippen LogP contribution < -0.4 is 16.1 Å². The van der Waals surface area contributed by atoms with Gasteiger partial charge in [-0.05, 0) is 48.0 Å². The molecule has 6 nitrogen and oxygen atoms in total. The maximum absolute atomic E-state index is 13.4. The third kappa shape index (κ3) is 5.15. The molecule has 0 aliphatic carbocycles. The van der Waals surface area contributed by atoms with E-state index in [0.717, 1.165) is 17.3 Å². The summed E-state index contributed by atoms with van der Waals surface area (Å²) in [4.78, 5) is 22.2. The topological polar surface area (TPSA) is 75.3 Å². The summed E-state index contributed by atoms with van der Waals surface area (Å²) in [5.74, 6) is -0.223. The third-order valence-corrected chi connectivity index (χ3v) is 6.71. The smallest absolute Gasteiger partial charge is 0.355 e. The van der Waals surface area contributed by atoms with Crippen LogP contribution in [0.2, 0.25) is 4.34 Å². The predicted octanol–water partition coefficient (Wildman–Crippen LogP) is 6.39. The molecule has 1 aliphatic rings. The van der Waals surface area contributed by atoms with Crippen molar-refractivity contribution in [3.63, 3.8) is 0 Å². The van der Waals surface area contributed by atoms with Crippen molar-refractivity contribution in [2.75, 3.05) is 11.9 Å². The number of anilines is 2. The highest BCUT2D eigenvalue weighted by Crippen LogP contribution is 2.36. The summed E-state index contributed by atoms with van der Waals surface area (Å²) in [7, 11) is 0. The number of rotatable bonds is 6. The van der Waals surface area contributed by atoms with E-state index in [-0.39, 0.29) is 24.1 Å². The largest absolute Gasteiger partial charge is 0.418 e. The van der Waals surface area contributed by atoms with Crippen molar-refractivity contribution in [1.29, 1.82) is 0 Å². The first-order valence-corrected chi connectivity index (χ1v) is 12.0. The van der Waals surface area contributed by atoms with Crippen molar-refractivity contribution < 1.29 is 22.8 Å². The average Bonchev–Trinajstić information content (AvgIpc) is 3.52. The molecule has 2 aromatic carbocycles. The van der Waals surface area contributed by atoms with Gasteiger partial charge in [-0.2, -0.15) is 13.2 Å². The number of halogens is 4. The summed E-state index contributed by atoms with van der Waals surface area (Å²) < 4.78 is 40.6. The second-order valence-corrected chi connectivity index (χ2v) is 9.63. The summed E-state index contributed by atoms with van der Waals surface area (Å²) in [6.45, 7) is 0.277. The van der Waals surface area contributed by atoms with Crippen LogP contribution in [0.3, 0.4) is 0 Å². The third-order valence-electron chi connectivity index (χ3n) is 5.48. The fourth-order valence-electron chi connectivity index (χ4n) is 3.77. The van der Waals surface area contributed by atoms with Crippen LogP contribution in [0, 0.1) is 0 Å². The van der Waals surface area contributed by atoms with Crippen LogP contribution in [0.15, 0.2) is 72.9 Å². The molecule has 1 amide bonds. The number of hydrogen-bond donors (Lipinski definition) is 3. The summed E-state index contributed by atoms with van der Waals surface area (Å²) in [6.07, 6.45) is -1.64. The van der Waals surface area contributed by atoms with Crippen LogP contribution >= 0.6 is 22.9 Å². The van der Waals surface area contributed by atoms with Crippen molar-refractivity contribution in [2.24, 2.45) is 0 Å². The fraction of sp³-hybridized carbons (Fsp3) is 0.120. The van der Waals surface area contributed by atoms with Gasteiger partial charge in [-0.15, -0.1) is 11.3 Å². The van der Waals surface area contributed by atoms with Crippen molar-refractivity contribution in [3.8, 4) is 0 Å². The van der Waals surface area contributed by atoms with Gasteiger partial charge in [0, 0.05) is 23.0 Å². The standard InChI is InChI=1S/C25H18ClF3N4O2S/c26-22-9-8-21(36-22)24(34)31-13-16-12-20(33-35-16)14-4-6-15(7-5-14)32-19-10-11-30-23-17(19)2-1-3-18(23)25(27,28)29/h1-12,16,33H,13H2,(H,30,32)(H,31,34). The average molecular weight is 531 g/mol. The monoisotopic (exact) mass is 530 g/mol. The number of para-hydroxylation sites is 1. The zero-order chi connectivity index (χ0) is 25.3. The first-order valence-electron chi connectivity index (χ1n) is 10.8. The van der Waals surface area contributed by atoms with E-state index in [0.29, 0.717) is 26.0 Å². The maximum atomic E-state index is 13.4. The fourth-order valence-corrected chi connectivity index (χ4v) is 4.73. The van der Waals surface area contributed by atoms with E-state index in [9.17, 15) is 18.0 Å². The van der Waals surface area contributed by atoms with E-state index in [1.807, 2.05) is 30.3 Å². The second kappa shape index (κ2) is 9.81. The molecule has 184 valence electrons. The van der Waals surface area contributed by atoms with E-state index in [4.69, 9.17) is 16.4 Å². The highest BCUT2D eigenvalue weighted by molar-refractivity contribution is 7.18. The highest BCUT2D eigenvalue weighted by Gasteiger charge is 2.33. The van der Waals surface area contributed by atoms with E-state index in [1.165, 1.54) is 23.6 Å². The van der Waals surface area contributed by atoms with Crippen molar-refractivity contribution in [2.45, 2.75) is 12.3 Å². The number of nitrogens with zero attached hydrogens (tertiary/aromatic N) is 1. The lowest BCUT2D eigenvalue weighted by Gasteiger charge is -2.13. The second-order valence-electron chi connectivity index (χ2n) is 7.91. The summed E-state index contributed by atoms with van der Waals surface area (Å²) in [5.41, 5.74) is 4.78. The summed E-state index contributed by atoms with van der Waals surface area (Å²) in [6, 6.07) is 16.3. The lowest BCUT2D eigenvalue weighted by molar-refractivity contribution is -0.136. The molecule has 0 saturated heterocycles. The molecule has 5 rings (SSSR count). The van der Waals surface area contributed by atoms with Gasteiger partial charge >= 0.3 is 6.18 Å². The van der Waals surface area contributed by atoms with Gasteiger partial charge in [-0.1, -0.05) is 35.9 Å². The number of hydrogen-bond acceptors (Lipinski definition) is 6. The van der Waals surface area contributed by atoms with Crippen LogP contribution in [0.1, 0.15) is 20.8 Å². The maximum Gasteiger partial charge on any atom is 0.418 e. The SMILES string of the molecule is O=C(NCC1C=C(c2ccc(Nc3ccnc4c(C(F)(F)F)cccc34)cc2)NO1)c1ccc(Cl)s1. The number of carbonyl (C=O) groups excluding carboxylic acids is 1. The van der Waals surface area contributed by atoms with Crippen molar-refractivity contribution in [1.82, 2.24) is 15.8 Å². The van der Waals surface area contributed by atoms with E-state index in [1.54, 1.807) is 24.3 Å². The highest BCUT2D eigenvalue weighted by atomic mass is 35.5. The number of pyridine rings is 1. The number of hydroxylamine groups is 1. The molecule has 1 atom stereocenters. The molecule has 3 N–H and O–H groups in total. The first-order chi connectivity index (χ1) is 17.3. The number of benzene rings is 2. The summed E-state index contributed by atoms with van der Waals surface area (Å²) >= 11 is 7.07. The summed E-state index contributed by atoms with van der Waals surface area (Å²) in [5, 5.41) is 6.35. The van der Waals surface area contributed by atoms with Gasteiger partial charge < -0.3 is 10.6 Å². The number of aromatic nitrogens is 1. The number of amides is 1. The Morgan fingerprint density at radius 1 is 1.11 bits per heavy atom. The van der Waals surface area contributed by atoms with E-state index >= 15 is 0 Å². The minimum Gasteiger partial charge on any atom is -0.355 e. The Hall–Kier alpha value is -3.60. The zero-order valence-electron chi connectivity index (χ0n) is 18.4. The Balaban J connectivity index is 1.26. The number of fused-ring (bicyclic) bond motifs is 1. The molecular formula is C25H18ClF3N4O2S. The zero-order valence-corrected chi connectivity index (χ0v) is 20.0. The minimum absolute atomic E-state index is 0.107. The lowest BCUT2D eigenvalue weighted by atomic mass is 10.1. The van der Waals surface area contributed by atoms with E-state index < -0.39 is 11.7 Å². The van der Waals surface area contributed by atoms with E-state index in [2.05, 4.69) is 21.1 Å². The van der Waals surface area contributed by atoms with Crippen LogP contribution in [-0.2, 0) is 11.0 Å². The van der Waals surface area contributed by atoms with Gasteiger partial charge in [0.05, 0.1) is 32.5 Å². The Bertz CT molecular complexity index is 1450. The normalized spacial score (nSPS) is 15.4. The predicted molar refractivity (Wildman–Crippen MR) is 134 cm³/mol. The Morgan fingerprint density at radius 3 is 2.64 bits per heavy atom. The number of thiophene rings is 1. The van der Waals surface area contributed by atoms with Crippen LogP contribution in [-0.4, -0.2) is 23.5 Å². The molecule has 1 unspecified atom stereocenters. The van der Waals surface area contributed by atoms with Gasteiger partial charge in [0.2, 0.25) is 0 Å². The van der Waals surface area contributed by atoms with Crippen molar-refractivity contribution in [3.05, 3.63) is 93.3 Å². The Labute approximate surface area is 212 Å². The number of carbonyl (C=O) groups is 1. The van der Waals surface area contributed by atoms with Crippen molar-refractivity contribution >= 4 is 56.8 Å². The molecule has 0 radical (unpaired) electrons. The first kappa shape index (κ1) is 24.1. The quantitative estimate of drug-likeness (QED) is 0.269. The van der Waals surface area contributed by atoms with Crippen LogP contribution in [0.5, 0.6) is 0 Å². The molecule has 4 aromatic rings. The molecule has 0 saturated carbocycles. The molecule has 0 fully saturated rings.